The number of carbonyl (C=O) groups is 2. The molecule has 0 spiro atoms. The van der Waals surface area contributed by atoms with Crippen molar-refractivity contribution in [3.8, 4) is 0 Å². The quantitative estimate of drug-likeness (QED) is 0.819. The van der Waals surface area contributed by atoms with Gasteiger partial charge in [0, 0.05) is 37.9 Å². The van der Waals surface area contributed by atoms with Crippen molar-refractivity contribution in [3.05, 3.63) is 52.2 Å². The Morgan fingerprint density at radius 3 is 2.52 bits per heavy atom. The zero-order valence-electron chi connectivity index (χ0n) is 15.6. The number of nitrogens with zero attached hydrogens (tertiary/aromatic N) is 3. The highest BCUT2D eigenvalue weighted by molar-refractivity contribution is 7.12. The maximum absolute atomic E-state index is 12.9. The van der Waals surface area contributed by atoms with Crippen LogP contribution in [-0.4, -0.2) is 60.4 Å². The van der Waals surface area contributed by atoms with Crippen molar-refractivity contribution in [2.24, 2.45) is 0 Å². The Balaban J connectivity index is 1.37. The first kappa shape index (κ1) is 18.0. The van der Waals surface area contributed by atoms with Gasteiger partial charge in [0.25, 0.3) is 5.91 Å². The van der Waals surface area contributed by atoms with Gasteiger partial charge in [0.2, 0.25) is 5.91 Å². The molecule has 2 aliphatic heterocycles. The van der Waals surface area contributed by atoms with Crippen molar-refractivity contribution < 1.29 is 9.59 Å². The lowest BCUT2D eigenvalue weighted by molar-refractivity contribution is -0.131. The molecule has 0 N–H and O–H groups in total. The van der Waals surface area contributed by atoms with Crippen molar-refractivity contribution in [2.75, 3.05) is 37.6 Å². The van der Waals surface area contributed by atoms with Crippen LogP contribution < -0.4 is 4.90 Å². The second kappa shape index (κ2) is 7.72. The monoisotopic (exact) mass is 383 g/mol. The molecule has 1 aromatic carbocycles. The molecule has 4 rings (SSSR count). The summed E-state index contributed by atoms with van der Waals surface area (Å²) in [4.78, 5) is 32.1. The lowest BCUT2D eigenvalue weighted by Crippen LogP contribution is -2.53. The first-order valence-electron chi connectivity index (χ1n) is 9.58. The SMILES string of the molecule is C[C@@H]1CCc2ccccc2N1CC(=O)N1CCN(C(=O)c2cccs2)CC1. The Morgan fingerprint density at radius 2 is 1.78 bits per heavy atom. The minimum Gasteiger partial charge on any atom is -0.359 e. The van der Waals surface area contributed by atoms with Crippen LogP contribution in [-0.2, 0) is 11.2 Å². The highest BCUT2D eigenvalue weighted by Gasteiger charge is 2.29. The molecule has 5 nitrogen and oxygen atoms in total. The van der Waals surface area contributed by atoms with Crippen molar-refractivity contribution in [3.63, 3.8) is 0 Å². The number of rotatable bonds is 3. The van der Waals surface area contributed by atoms with E-state index in [0.717, 1.165) is 17.7 Å². The number of thiophene rings is 1. The van der Waals surface area contributed by atoms with Crippen molar-refractivity contribution in [2.45, 2.75) is 25.8 Å². The molecule has 2 aliphatic rings. The van der Waals surface area contributed by atoms with E-state index in [-0.39, 0.29) is 11.8 Å². The molecule has 0 radical (unpaired) electrons. The van der Waals surface area contributed by atoms with Gasteiger partial charge >= 0.3 is 0 Å². The molecule has 1 aromatic heterocycles. The second-order valence-corrected chi connectivity index (χ2v) is 8.24. The van der Waals surface area contributed by atoms with E-state index in [0.29, 0.717) is 38.8 Å². The largest absolute Gasteiger partial charge is 0.359 e. The Bertz CT molecular complexity index is 813. The predicted molar refractivity (Wildman–Crippen MR) is 108 cm³/mol. The molecule has 0 aliphatic carbocycles. The molecule has 2 amide bonds. The molecule has 0 bridgehead atoms. The average Bonchev–Trinajstić information content (AvgIpc) is 3.24. The highest BCUT2D eigenvalue weighted by atomic mass is 32.1. The summed E-state index contributed by atoms with van der Waals surface area (Å²) in [6.07, 6.45) is 2.15. The predicted octanol–water partition coefficient (Wildman–Crippen LogP) is 2.87. The van der Waals surface area contributed by atoms with Crippen LogP contribution in [0.15, 0.2) is 41.8 Å². The summed E-state index contributed by atoms with van der Waals surface area (Å²) >= 11 is 1.47. The molecule has 1 saturated heterocycles. The van der Waals surface area contributed by atoms with Crippen LogP contribution in [0.25, 0.3) is 0 Å². The number of anilines is 1. The minimum absolute atomic E-state index is 0.0793. The molecule has 0 unspecified atom stereocenters. The first-order chi connectivity index (χ1) is 13.1. The Labute approximate surface area is 164 Å². The molecule has 142 valence electrons. The second-order valence-electron chi connectivity index (χ2n) is 7.29. The number of aryl methyl sites for hydroxylation is 1. The van der Waals surface area contributed by atoms with E-state index in [1.54, 1.807) is 0 Å². The zero-order chi connectivity index (χ0) is 18.8. The van der Waals surface area contributed by atoms with Crippen molar-refractivity contribution in [1.82, 2.24) is 9.80 Å². The normalized spacial score (nSPS) is 19.7. The number of para-hydroxylation sites is 1. The van der Waals surface area contributed by atoms with Gasteiger partial charge in [0.05, 0.1) is 11.4 Å². The fourth-order valence-electron chi connectivity index (χ4n) is 3.96. The van der Waals surface area contributed by atoms with Gasteiger partial charge in [-0.15, -0.1) is 11.3 Å². The summed E-state index contributed by atoms with van der Waals surface area (Å²) in [5.74, 6) is 0.234. The van der Waals surface area contributed by atoms with Gasteiger partial charge in [0.1, 0.15) is 0 Å². The third kappa shape index (κ3) is 3.72. The maximum Gasteiger partial charge on any atom is 0.264 e. The summed E-state index contributed by atoms with van der Waals surface area (Å²) in [7, 11) is 0. The Hall–Kier alpha value is -2.34. The molecule has 3 heterocycles. The number of carbonyl (C=O) groups excluding carboxylic acids is 2. The number of piperazine rings is 1. The van der Waals surface area contributed by atoms with Crippen LogP contribution >= 0.6 is 11.3 Å². The molecular weight excluding hydrogens is 358 g/mol. The summed E-state index contributed by atoms with van der Waals surface area (Å²) in [5, 5.41) is 1.92. The molecule has 27 heavy (non-hydrogen) atoms. The third-order valence-corrected chi connectivity index (χ3v) is 6.48. The standard InChI is InChI=1S/C21H25N3O2S/c1-16-8-9-17-5-2-3-6-18(17)24(16)15-20(25)22-10-12-23(13-11-22)21(26)19-7-4-14-27-19/h2-7,14,16H,8-13,15H2,1H3/t16-/m1/s1. The topological polar surface area (TPSA) is 43.9 Å². The number of benzene rings is 1. The van der Waals surface area contributed by atoms with E-state index < -0.39 is 0 Å². The van der Waals surface area contributed by atoms with Crippen LogP contribution in [0.3, 0.4) is 0 Å². The van der Waals surface area contributed by atoms with Gasteiger partial charge in [-0.1, -0.05) is 24.3 Å². The summed E-state index contributed by atoms with van der Waals surface area (Å²) in [6.45, 7) is 5.04. The average molecular weight is 384 g/mol. The van der Waals surface area contributed by atoms with Gasteiger partial charge < -0.3 is 14.7 Å². The molecule has 0 saturated carbocycles. The van der Waals surface area contributed by atoms with Crippen molar-refractivity contribution >= 4 is 28.8 Å². The molecule has 2 aromatic rings. The van der Waals surface area contributed by atoms with Crippen molar-refractivity contribution in [1.29, 1.82) is 0 Å². The Morgan fingerprint density at radius 1 is 1.04 bits per heavy atom. The lowest BCUT2D eigenvalue weighted by atomic mass is 9.96. The van der Waals surface area contributed by atoms with E-state index >= 15 is 0 Å². The van der Waals surface area contributed by atoms with Gasteiger partial charge in [-0.3, -0.25) is 9.59 Å². The van der Waals surface area contributed by atoms with Crippen LogP contribution in [0.1, 0.15) is 28.6 Å². The number of hydrogen-bond donors (Lipinski definition) is 0. The lowest BCUT2D eigenvalue weighted by Gasteiger charge is -2.39. The fraction of sp³-hybridized carbons (Fsp3) is 0.429. The molecular formula is C21H25N3O2S. The Kier molecular flexibility index (Phi) is 5.16. The fourth-order valence-corrected chi connectivity index (χ4v) is 4.65. The highest BCUT2D eigenvalue weighted by Crippen LogP contribution is 2.30. The zero-order valence-corrected chi connectivity index (χ0v) is 16.5. The van der Waals surface area contributed by atoms with E-state index in [2.05, 4.69) is 30.0 Å². The summed E-state index contributed by atoms with van der Waals surface area (Å²) in [5.41, 5.74) is 2.52. The van der Waals surface area contributed by atoms with Crippen LogP contribution in [0.4, 0.5) is 5.69 Å². The third-order valence-electron chi connectivity index (χ3n) is 5.62. The number of fused-ring (bicyclic) bond motifs is 1. The molecule has 6 heteroatoms. The summed E-state index contributed by atoms with van der Waals surface area (Å²) < 4.78 is 0. The number of hydrogen-bond acceptors (Lipinski definition) is 4. The van der Waals surface area contributed by atoms with Gasteiger partial charge in [-0.25, -0.2) is 0 Å². The maximum atomic E-state index is 12.9. The van der Waals surface area contributed by atoms with E-state index in [4.69, 9.17) is 0 Å². The molecule has 1 atom stereocenters. The molecule has 1 fully saturated rings. The smallest absolute Gasteiger partial charge is 0.264 e. The minimum atomic E-state index is 0.0793. The van der Waals surface area contributed by atoms with Crippen LogP contribution in [0, 0.1) is 0 Å². The van der Waals surface area contributed by atoms with Gasteiger partial charge in [-0.05, 0) is 42.8 Å². The van der Waals surface area contributed by atoms with Crippen LogP contribution in [0.5, 0.6) is 0 Å². The van der Waals surface area contributed by atoms with Gasteiger partial charge in [0.15, 0.2) is 0 Å². The van der Waals surface area contributed by atoms with E-state index in [9.17, 15) is 9.59 Å². The van der Waals surface area contributed by atoms with E-state index in [1.807, 2.05) is 33.4 Å². The summed E-state index contributed by atoms with van der Waals surface area (Å²) in [6, 6.07) is 12.5. The van der Waals surface area contributed by atoms with Gasteiger partial charge in [-0.2, -0.15) is 0 Å². The number of amides is 2. The first-order valence-corrected chi connectivity index (χ1v) is 10.5. The van der Waals surface area contributed by atoms with Crippen LogP contribution in [0.2, 0.25) is 0 Å². The van der Waals surface area contributed by atoms with E-state index in [1.165, 1.54) is 22.6 Å².